The van der Waals surface area contributed by atoms with Crippen molar-refractivity contribution in [1.82, 2.24) is 4.90 Å². The molecule has 8 heteroatoms. The number of nitrogens with zero attached hydrogens (tertiary/aromatic N) is 1. The van der Waals surface area contributed by atoms with Gasteiger partial charge in [0.05, 0.1) is 11.6 Å². The molecule has 0 aromatic heterocycles. The third kappa shape index (κ3) is 5.19. The van der Waals surface area contributed by atoms with Crippen molar-refractivity contribution in [1.29, 1.82) is 0 Å². The van der Waals surface area contributed by atoms with E-state index in [1.807, 2.05) is 0 Å². The van der Waals surface area contributed by atoms with E-state index in [9.17, 15) is 23.9 Å². The molecule has 0 radical (unpaired) electrons. The monoisotopic (exact) mass is 489 g/mol. The Morgan fingerprint density at radius 1 is 1.03 bits per heavy atom. The Hall–Kier alpha value is -3.00. The number of amides is 1. The van der Waals surface area contributed by atoms with E-state index < -0.39 is 29.5 Å². The molecule has 6 nitrogen and oxygen atoms in total. The molecular weight excluding hydrogens is 469 g/mol. The van der Waals surface area contributed by atoms with Crippen molar-refractivity contribution < 1.29 is 29.0 Å². The number of benzene rings is 2. The van der Waals surface area contributed by atoms with Gasteiger partial charge in [-0.1, -0.05) is 46.6 Å². The van der Waals surface area contributed by atoms with Crippen molar-refractivity contribution in [2.45, 2.75) is 31.7 Å². The Morgan fingerprint density at radius 2 is 1.74 bits per heavy atom. The number of aliphatic hydroxyl groups is 1. The van der Waals surface area contributed by atoms with Gasteiger partial charge >= 0.3 is 5.97 Å². The Kier molecular flexibility index (Phi) is 7.22. The molecule has 1 atom stereocenters. The van der Waals surface area contributed by atoms with Gasteiger partial charge in [0.25, 0.3) is 11.7 Å². The van der Waals surface area contributed by atoms with E-state index in [0.29, 0.717) is 30.4 Å². The number of halogens is 2. The van der Waals surface area contributed by atoms with Crippen LogP contribution in [0.5, 0.6) is 0 Å². The summed E-state index contributed by atoms with van der Waals surface area (Å²) in [7, 11) is 0. The maximum absolute atomic E-state index is 13.9. The molecule has 3 rings (SSSR count). The van der Waals surface area contributed by atoms with Crippen molar-refractivity contribution in [2.75, 3.05) is 6.54 Å². The van der Waals surface area contributed by atoms with Crippen LogP contribution in [0.1, 0.15) is 42.9 Å². The van der Waals surface area contributed by atoms with Crippen LogP contribution in [-0.2, 0) is 14.4 Å². The first-order chi connectivity index (χ1) is 14.8. The molecule has 1 aliphatic heterocycles. The first-order valence-electron chi connectivity index (χ1n) is 9.81. The van der Waals surface area contributed by atoms with Gasteiger partial charge in [0, 0.05) is 23.0 Å². The number of ketones is 1. The Labute approximate surface area is 187 Å². The second-order valence-electron chi connectivity index (χ2n) is 7.26. The molecule has 1 saturated heterocycles. The van der Waals surface area contributed by atoms with Crippen LogP contribution in [0, 0.1) is 5.82 Å². The van der Waals surface area contributed by atoms with Crippen LogP contribution in [-0.4, -0.2) is 39.3 Å². The fourth-order valence-corrected chi connectivity index (χ4v) is 3.90. The predicted molar refractivity (Wildman–Crippen MR) is 116 cm³/mol. The van der Waals surface area contributed by atoms with Crippen LogP contribution >= 0.6 is 15.9 Å². The fourth-order valence-electron chi connectivity index (χ4n) is 3.63. The van der Waals surface area contributed by atoms with Gasteiger partial charge in [-0.15, -0.1) is 0 Å². The molecule has 0 spiro atoms. The van der Waals surface area contributed by atoms with E-state index in [2.05, 4.69) is 15.9 Å². The zero-order chi connectivity index (χ0) is 22.5. The maximum Gasteiger partial charge on any atom is 0.303 e. The number of hydrogen-bond donors (Lipinski definition) is 2. The van der Waals surface area contributed by atoms with Crippen molar-refractivity contribution in [2.24, 2.45) is 0 Å². The molecule has 162 valence electrons. The summed E-state index contributed by atoms with van der Waals surface area (Å²) in [5.41, 5.74) is 0.649. The number of rotatable bonds is 8. The van der Waals surface area contributed by atoms with Crippen molar-refractivity contribution in [3.63, 3.8) is 0 Å². The third-order valence-corrected chi connectivity index (χ3v) is 5.64. The molecule has 1 amide bonds. The van der Waals surface area contributed by atoms with E-state index in [0.717, 1.165) is 4.47 Å². The van der Waals surface area contributed by atoms with Gasteiger partial charge in [-0.25, -0.2) is 4.39 Å². The van der Waals surface area contributed by atoms with Gasteiger partial charge in [0.15, 0.2) is 0 Å². The second kappa shape index (κ2) is 9.87. The number of aliphatic hydroxyl groups excluding tert-OH is 1. The van der Waals surface area contributed by atoms with E-state index in [1.165, 1.54) is 23.1 Å². The molecule has 0 unspecified atom stereocenters. The normalized spacial score (nSPS) is 17.9. The van der Waals surface area contributed by atoms with E-state index in [1.54, 1.807) is 30.3 Å². The minimum Gasteiger partial charge on any atom is -0.507 e. The third-order valence-electron chi connectivity index (χ3n) is 5.11. The topological polar surface area (TPSA) is 94.9 Å². The molecule has 1 aliphatic rings. The van der Waals surface area contributed by atoms with Gasteiger partial charge in [0.1, 0.15) is 11.6 Å². The minimum atomic E-state index is -0.932. The Bertz CT molecular complexity index is 1030. The average Bonchev–Trinajstić information content (AvgIpc) is 2.98. The number of carboxylic acids is 1. The minimum absolute atomic E-state index is 0.0235. The Balaban J connectivity index is 1.97. The molecular formula is C23H21BrFNO5. The average molecular weight is 490 g/mol. The lowest BCUT2D eigenvalue weighted by Crippen LogP contribution is -2.30. The summed E-state index contributed by atoms with van der Waals surface area (Å²) >= 11 is 3.31. The molecule has 0 aliphatic carbocycles. The lowest BCUT2D eigenvalue weighted by atomic mass is 9.95. The molecule has 0 bridgehead atoms. The van der Waals surface area contributed by atoms with Gasteiger partial charge in [-0.3, -0.25) is 14.4 Å². The molecule has 0 saturated carbocycles. The van der Waals surface area contributed by atoms with E-state index in [4.69, 9.17) is 5.11 Å². The standard InChI is InChI=1S/C23H21BrFNO5/c24-16-10-8-14(9-11-16)21(29)19-20(15-5-4-6-17(25)13-15)26(23(31)22(19)30)12-3-1-2-7-18(27)28/h4-6,8-11,13,20,29H,1-3,7,12H2,(H,27,28)/b21-19+/t20-/m0/s1. The number of carboxylic acid groups (broad SMARTS) is 1. The van der Waals surface area contributed by atoms with Crippen LogP contribution in [0.15, 0.2) is 58.6 Å². The Morgan fingerprint density at radius 3 is 2.39 bits per heavy atom. The lowest BCUT2D eigenvalue weighted by molar-refractivity contribution is -0.140. The van der Waals surface area contributed by atoms with Gasteiger partial charge in [-0.05, 0) is 42.7 Å². The quantitative estimate of drug-likeness (QED) is 0.243. The first-order valence-corrected chi connectivity index (χ1v) is 10.6. The highest BCUT2D eigenvalue weighted by Gasteiger charge is 2.45. The van der Waals surface area contributed by atoms with Crippen LogP contribution in [0.3, 0.4) is 0 Å². The van der Waals surface area contributed by atoms with Crippen LogP contribution in [0.25, 0.3) is 5.76 Å². The predicted octanol–water partition coefficient (Wildman–Crippen LogP) is 4.65. The zero-order valence-corrected chi connectivity index (χ0v) is 18.1. The highest BCUT2D eigenvalue weighted by atomic mass is 79.9. The van der Waals surface area contributed by atoms with Gasteiger partial charge < -0.3 is 15.1 Å². The number of aliphatic carboxylic acids is 1. The molecule has 2 aromatic carbocycles. The van der Waals surface area contributed by atoms with Crippen LogP contribution < -0.4 is 0 Å². The highest BCUT2D eigenvalue weighted by molar-refractivity contribution is 9.10. The summed E-state index contributed by atoms with van der Waals surface area (Å²) in [6.45, 7) is 0.183. The van der Waals surface area contributed by atoms with Crippen molar-refractivity contribution >= 4 is 39.3 Å². The molecule has 1 heterocycles. The van der Waals surface area contributed by atoms with Gasteiger partial charge in [0.2, 0.25) is 0 Å². The summed E-state index contributed by atoms with van der Waals surface area (Å²) in [6.07, 6.45) is 1.50. The molecule has 2 N–H and O–H groups in total. The zero-order valence-electron chi connectivity index (χ0n) is 16.6. The van der Waals surface area contributed by atoms with E-state index >= 15 is 0 Å². The van der Waals surface area contributed by atoms with E-state index in [-0.39, 0.29) is 24.3 Å². The summed E-state index contributed by atoms with van der Waals surface area (Å²) in [4.78, 5) is 37.6. The van der Waals surface area contributed by atoms with Crippen molar-refractivity contribution in [3.8, 4) is 0 Å². The smallest absolute Gasteiger partial charge is 0.303 e. The highest BCUT2D eigenvalue weighted by Crippen LogP contribution is 2.39. The number of carbonyl (C=O) groups excluding carboxylic acids is 2. The maximum atomic E-state index is 13.9. The number of unbranched alkanes of at least 4 members (excludes halogenated alkanes) is 2. The SMILES string of the molecule is O=C(O)CCCCCN1C(=O)C(=O)/C(=C(/O)c2ccc(Br)cc2)[C@@H]1c1cccc(F)c1. The van der Waals surface area contributed by atoms with Crippen LogP contribution in [0.2, 0.25) is 0 Å². The summed E-state index contributed by atoms with van der Waals surface area (Å²) in [5.74, 6) is -3.34. The molecule has 2 aromatic rings. The molecule has 1 fully saturated rings. The van der Waals surface area contributed by atoms with Crippen molar-refractivity contribution in [3.05, 3.63) is 75.5 Å². The number of carbonyl (C=O) groups is 3. The summed E-state index contributed by atoms with van der Waals surface area (Å²) < 4.78 is 14.7. The van der Waals surface area contributed by atoms with Gasteiger partial charge in [-0.2, -0.15) is 0 Å². The fraction of sp³-hybridized carbons (Fsp3) is 0.261. The lowest BCUT2D eigenvalue weighted by Gasteiger charge is -2.25. The second-order valence-corrected chi connectivity index (χ2v) is 8.17. The molecule has 31 heavy (non-hydrogen) atoms. The number of likely N-dealkylation sites (tertiary alicyclic amines) is 1. The van der Waals surface area contributed by atoms with Crippen LogP contribution in [0.4, 0.5) is 4.39 Å². The number of hydrogen-bond acceptors (Lipinski definition) is 4. The largest absolute Gasteiger partial charge is 0.507 e. The number of Topliss-reactive ketones (excluding diaryl/α,β-unsaturated/α-hetero) is 1. The first kappa shape index (κ1) is 22.7. The summed E-state index contributed by atoms with van der Waals surface area (Å²) in [6, 6.07) is 11.3. The summed E-state index contributed by atoms with van der Waals surface area (Å²) in [5, 5.41) is 19.7.